The van der Waals surface area contributed by atoms with Crippen molar-refractivity contribution in [3.63, 3.8) is 0 Å². The van der Waals surface area contributed by atoms with E-state index in [1.807, 2.05) is 13.8 Å². The molecular weight excluding hydrogens is 322 g/mol. The highest BCUT2D eigenvalue weighted by molar-refractivity contribution is 5.91. The Labute approximate surface area is 149 Å². The highest BCUT2D eigenvalue weighted by Gasteiger charge is 2.38. The minimum Gasteiger partial charge on any atom is -0.369 e. The van der Waals surface area contributed by atoms with E-state index >= 15 is 0 Å². The van der Waals surface area contributed by atoms with E-state index in [1.54, 1.807) is 6.92 Å². The van der Waals surface area contributed by atoms with Crippen LogP contribution in [0.25, 0.3) is 0 Å². The fourth-order valence-electron chi connectivity index (χ4n) is 3.42. The third-order valence-electron chi connectivity index (χ3n) is 5.71. The molecule has 7 nitrogen and oxygen atoms in total. The van der Waals surface area contributed by atoms with Gasteiger partial charge >= 0.3 is 0 Å². The number of hydrogen-bond acceptors (Lipinski definition) is 5. The Balaban J connectivity index is 1.85. The third kappa shape index (κ3) is 5.25. The molecule has 2 amide bonds. The molecule has 7 heteroatoms. The van der Waals surface area contributed by atoms with Crippen LogP contribution >= 0.6 is 0 Å². The summed E-state index contributed by atoms with van der Waals surface area (Å²) in [6.07, 6.45) is 2.86. The smallest absolute Gasteiger partial charge is 0.220 e. The van der Waals surface area contributed by atoms with Crippen LogP contribution in [0.4, 0.5) is 0 Å². The fourth-order valence-corrected chi connectivity index (χ4v) is 3.42. The quantitative estimate of drug-likeness (QED) is 0.660. The van der Waals surface area contributed by atoms with Gasteiger partial charge in [-0.25, -0.2) is 0 Å². The molecule has 0 radical (unpaired) electrons. The van der Waals surface area contributed by atoms with Gasteiger partial charge in [0.15, 0.2) is 5.78 Å². The summed E-state index contributed by atoms with van der Waals surface area (Å²) in [5.74, 6) is -0.933. The van der Waals surface area contributed by atoms with Crippen molar-refractivity contribution in [2.24, 2.45) is 17.1 Å². The maximum Gasteiger partial charge on any atom is 0.220 e. The molecule has 0 bridgehead atoms. The summed E-state index contributed by atoms with van der Waals surface area (Å²) in [7, 11) is 0. The molecule has 3 atom stereocenters. The SMILES string of the molecule is CC(C(N)=O)C(C)(C)CCC(=O)NC1C(=O)COC1CN1CCCC1. The summed E-state index contributed by atoms with van der Waals surface area (Å²) in [6.45, 7) is 8.42. The molecule has 2 fully saturated rings. The second kappa shape index (κ2) is 8.27. The molecule has 2 aliphatic heterocycles. The number of amides is 2. The Morgan fingerprint density at radius 2 is 2.00 bits per heavy atom. The van der Waals surface area contributed by atoms with Crippen LogP contribution in [0, 0.1) is 11.3 Å². The van der Waals surface area contributed by atoms with Crippen LogP contribution in [-0.4, -0.2) is 60.9 Å². The predicted octanol–water partition coefficient (Wildman–Crippen LogP) is 0.463. The Hall–Kier alpha value is -1.47. The number of ketones is 1. The zero-order chi connectivity index (χ0) is 18.6. The van der Waals surface area contributed by atoms with E-state index in [2.05, 4.69) is 10.2 Å². The largest absolute Gasteiger partial charge is 0.369 e. The molecule has 0 aromatic heterocycles. The number of carbonyl (C=O) groups is 3. The number of Topliss-reactive ketones (excluding diaryl/α,β-unsaturated/α-hetero) is 1. The number of hydrogen-bond donors (Lipinski definition) is 2. The summed E-state index contributed by atoms with van der Waals surface area (Å²) >= 11 is 0. The van der Waals surface area contributed by atoms with E-state index in [1.165, 1.54) is 12.8 Å². The van der Waals surface area contributed by atoms with Gasteiger partial charge in [-0.2, -0.15) is 0 Å². The molecule has 3 N–H and O–H groups in total. The van der Waals surface area contributed by atoms with Crippen molar-refractivity contribution < 1.29 is 19.1 Å². The Morgan fingerprint density at radius 1 is 1.36 bits per heavy atom. The zero-order valence-corrected chi connectivity index (χ0v) is 15.5. The normalized spacial score (nSPS) is 26.0. The maximum atomic E-state index is 12.3. The van der Waals surface area contributed by atoms with Gasteiger partial charge in [0.1, 0.15) is 12.6 Å². The molecule has 0 aromatic carbocycles. The first-order valence-corrected chi connectivity index (χ1v) is 9.16. The number of primary amides is 1. The van der Waals surface area contributed by atoms with Crippen molar-refractivity contribution in [2.75, 3.05) is 26.2 Å². The van der Waals surface area contributed by atoms with Crippen LogP contribution in [-0.2, 0) is 19.1 Å². The Kier molecular flexibility index (Phi) is 6.57. The monoisotopic (exact) mass is 353 g/mol. The van der Waals surface area contributed by atoms with Crippen molar-refractivity contribution in [3.8, 4) is 0 Å². The molecule has 2 aliphatic rings. The van der Waals surface area contributed by atoms with Gasteiger partial charge in [-0.1, -0.05) is 20.8 Å². The molecule has 0 spiro atoms. The molecule has 0 saturated carbocycles. The number of ether oxygens (including phenoxy) is 1. The van der Waals surface area contributed by atoms with Crippen LogP contribution in [0.1, 0.15) is 46.5 Å². The summed E-state index contributed by atoms with van der Waals surface area (Å²) in [5.41, 5.74) is 5.00. The highest BCUT2D eigenvalue weighted by atomic mass is 16.5. The van der Waals surface area contributed by atoms with Crippen LogP contribution in [0.3, 0.4) is 0 Å². The summed E-state index contributed by atoms with van der Waals surface area (Å²) in [6, 6.07) is -0.565. The average Bonchev–Trinajstić information content (AvgIpc) is 3.17. The minimum atomic E-state index is -0.565. The molecule has 3 unspecified atom stereocenters. The van der Waals surface area contributed by atoms with Gasteiger partial charge in [0, 0.05) is 18.9 Å². The summed E-state index contributed by atoms with van der Waals surface area (Å²) in [5, 5.41) is 2.84. The lowest BCUT2D eigenvalue weighted by atomic mass is 9.76. The van der Waals surface area contributed by atoms with Gasteiger partial charge in [0.2, 0.25) is 11.8 Å². The van der Waals surface area contributed by atoms with Crippen LogP contribution in [0.2, 0.25) is 0 Å². The van der Waals surface area contributed by atoms with E-state index in [9.17, 15) is 14.4 Å². The van der Waals surface area contributed by atoms with Crippen LogP contribution in [0.5, 0.6) is 0 Å². The van der Waals surface area contributed by atoms with Crippen LogP contribution in [0.15, 0.2) is 0 Å². The molecule has 2 rings (SSSR count). The van der Waals surface area contributed by atoms with Gasteiger partial charge < -0.3 is 20.7 Å². The second-order valence-electron chi connectivity index (χ2n) is 7.98. The Bertz CT molecular complexity index is 514. The molecule has 0 aliphatic carbocycles. The summed E-state index contributed by atoms with van der Waals surface area (Å²) < 4.78 is 5.59. The Morgan fingerprint density at radius 3 is 2.60 bits per heavy atom. The topological polar surface area (TPSA) is 102 Å². The fraction of sp³-hybridized carbons (Fsp3) is 0.833. The van der Waals surface area contributed by atoms with E-state index in [4.69, 9.17) is 10.5 Å². The van der Waals surface area contributed by atoms with E-state index < -0.39 is 6.04 Å². The lowest BCUT2D eigenvalue weighted by Gasteiger charge is -2.29. The van der Waals surface area contributed by atoms with E-state index in [-0.39, 0.29) is 48.1 Å². The first kappa shape index (κ1) is 19.8. The number of carbonyl (C=O) groups excluding carboxylic acids is 3. The molecule has 25 heavy (non-hydrogen) atoms. The number of rotatable bonds is 8. The average molecular weight is 353 g/mol. The maximum absolute atomic E-state index is 12.3. The lowest BCUT2D eigenvalue weighted by Crippen LogP contribution is -2.48. The van der Waals surface area contributed by atoms with Crippen LogP contribution < -0.4 is 11.1 Å². The first-order chi connectivity index (χ1) is 11.7. The van der Waals surface area contributed by atoms with Gasteiger partial charge in [0.25, 0.3) is 0 Å². The lowest BCUT2D eigenvalue weighted by molar-refractivity contribution is -0.128. The number of nitrogens with two attached hydrogens (primary N) is 1. The van der Waals surface area contributed by atoms with Crippen molar-refractivity contribution in [1.82, 2.24) is 10.2 Å². The number of nitrogens with zero attached hydrogens (tertiary/aromatic N) is 1. The van der Waals surface area contributed by atoms with Crippen molar-refractivity contribution >= 4 is 17.6 Å². The minimum absolute atomic E-state index is 0.0632. The highest BCUT2D eigenvalue weighted by Crippen LogP contribution is 2.31. The molecule has 0 aromatic rings. The predicted molar refractivity (Wildman–Crippen MR) is 93.7 cm³/mol. The van der Waals surface area contributed by atoms with Crippen molar-refractivity contribution in [2.45, 2.75) is 58.6 Å². The first-order valence-electron chi connectivity index (χ1n) is 9.16. The molecule has 2 saturated heterocycles. The van der Waals surface area contributed by atoms with Gasteiger partial charge in [-0.05, 0) is 37.8 Å². The standard InChI is InChI=1S/C18H31N3O4/c1-12(17(19)24)18(2,3)7-6-15(23)20-16-13(22)11-25-14(16)10-21-8-4-5-9-21/h12,14,16H,4-11H2,1-3H3,(H2,19,24)(H,20,23). The zero-order valence-electron chi connectivity index (χ0n) is 15.5. The van der Waals surface area contributed by atoms with Crippen molar-refractivity contribution in [1.29, 1.82) is 0 Å². The number of likely N-dealkylation sites (tertiary alicyclic amines) is 1. The van der Waals surface area contributed by atoms with Gasteiger partial charge in [-0.15, -0.1) is 0 Å². The number of nitrogens with one attached hydrogen (secondary N) is 1. The third-order valence-corrected chi connectivity index (χ3v) is 5.71. The van der Waals surface area contributed by atoms with Gasteiger partial charge in [0.05, 0.1) is 6.10 Å². The molecular formula is C18H31N3O4. The van der Waals surface area contributed by atoms with E-state index in [0.717, 1.165) is 13.1 Å². The van der Waals surface area contributed by atoms with Crippen molar-refractivity contribution in [3.05, 3.63) is 0 Å². The summed E-state index contributed by atoms with van der Waals surface area (Å²) in [4.78, 5) is 38.0. The van der Waals surface area contributed by atoms with Gasteiger partial charge in [-0.3, -0.25) is 14.4 Å². The molecule has 2 heterocycles. The second-order valence-corrected chi connectivity index (χ2v) is 7.98. The van der Waals surface area contributed by atoms with E-state index in [0.29, 0.717) is 13.0 Å². The molecule has 142 valence electrons.